The number of hydrazone groups is 1. The van der Waals surface area contributed by atoms with Gasteiger partial charge in [-0.15, -0.1) is 0 Å². The number of aryl methyl sites for hydroxylation is 2. The topological polar surface area (TPSA) is 70.1 Å². The largest absolute Gasteiger partial charge is 0.291 e. The molecule has 2 aromatic rings. The zero-order chi connectivity index (χ0) is 13.9. The molecule has 0 amide bonds. The number of benzene rings is 1. The number of anilines is 1. The SMILES string of the molecule is Cc1cc(=O)[nH]c(NN=C2CCc3ccccc3C2)n1. The van der Waals surface area contributed by atoms with Gasteiger partial charge in [-0.1, -0.05) is 24.3 Å². The summed E-state index contributed by atoms with van der Waals surface area (Å²) in [5.41, 5.74) is 7.15. The number of fused-ring (bicyclic) bond motifs is 1. The third-order valence-electron chi connectivity index (χ3n) is 3.39. The maximum absolute atomic E-state index is 11.3. The molecule has 1 aromatic carbocycles. The summed E-state index contributed by atoms with van der Waals surface area (Å²) in [4.78, 5) is 18.2. The van der Waals surface area contributed by atoms with E-state index < -0.39 is 0 Å². The van der Waals surface area contributed by atoms with Gasteiger partial charge in [0.2, 0.25) is 5.95 Å². The van der Waals surface area contributed by atoms with Crippen LogP contribution in [0.15, 0.2) is 40.2 Å². The number of rotatable bonds is 2. The van der Waals surface area contributed by atoms with Gasteiger partial charge < -0.3 is 0 Å². The molecule has 0 unspecified atom stereocenters. The van der Waals surface area contributed by atoms with E-state index in [9.17, 15) is 4.79 Å². The normalized spacial score (nSPS) is 15.9. The average Bonchev–Trinajstić information content (AvgIpc) is 2.44. The van der Waals surface area contributed by atoms with E-state index in [1.165, 1.54) is 17.2 Å². The molecule has 102 valence electrons. The third-order valence-corrected chi connectivity index (χ3v) is 3.39. The Kier molecular flexibility index (Phi) is 3.33. The predicted octanol–water partition coefficient (Wildman–Crippen LogP) is 2.04. The fraction of sp³-hybridized carbons (Fsp3) is 0.267. The molecule has 0 fully saturated rings. The Hall–Kier alpha value is -2.43. The highest BCUT2D eigenvalue weighted by atomic mass is 16.1. The van der Waals surface area contributed by atoms with Crippen molar-refractivity contribution in [2.24, 2.45) is 5.10 Å². The second kappa shape index (κ2) is 5.28. The lowest BCUT2D eigenvalue weighted by Crippen LogP contribution is -2.16. The summed E-state index contributed by atoms with van der Waals surface area (Å²) in [5, 5.41) is 4.37. The second-order valence-corrected chi connectivity index (χ2v) is 4.97. The summed E-state index contributed by atoms with van der Waals surface area (Å²) in [6, 6.07) is 9.88. The zero-order valence-electron chi connectivity index (χ0n) is 11.3. The number of hydrogen-bond donors (Lipinski definition) is 2. The zero-order valence-corrected chi connectivity index (χ0v) is 11.3. The summed E-state index contributed by atoms with van der Waals surface area (Å²) in [6.45, 7) is 1.78. The van der Waals surface area contributed by atoms with Gasteiger partial charge in [0.05, 0.1) is 0 Å². The molecule has 0 radical (unpaired) electrons. The van der Waals surface area contributed by atoms with E-state index in [1.807, 2.05) is 0 Å². The molecule has 0 spiro atoms. The molecule has 5 heteroatoms. The van der Waals surface area contributed by atoms with Gasteiger partial charge in [0.1, 0.15) is 0 Å². The quantitative estimate of drug-likeness (QED) is 0.819. The van der Waals surface area contributed by atoms with Crippen molar-refractivity contribution in [1.29, 1.82) is 0 Å². The highest BCUT2D eigenvalue weighted by Crippen LogP contribution is 2.19. The maximum Gasteiger partial charge on any atom is 0.252 e. The second-order valence-electron chi connectivity index (χ2n) is 4.97. The first-order valence-corrected chi connectivity index (χ1v) is 6.67. The molecule has 0 aliphatic heterocycles. The molecule has 1 aromatic heterocycles. The Bertz CT molecular complexity index is 718. The lowest BCUT2D eigenvalue weighted by Gasteiger charge is -2.17. The Labute approximate surface area is 116 Å². The Morgan fingerprint density at radius 1 is 1.25 bits per heavy atom. The smallest absolute Gasteiger partial charge is 0.252 e. The van der Waals surface area contributed by atoms with Gasteiger partial charge in [-0.25, -0.2) is 10.4 Å². The molecule has 0 atom stereocenters. The van der Waals surface area contributed by atoms with E-state index in [4.69, 9.17) is 0 Å². The van der Waals surface area contributed by atoms with Crippen LogP contribution in [0.3, 0.4) is 0 Å². The van der Waals surface area contributed by atoms with Gasteiger partial charge in [-0.2, -0.15) is 5.10 Å². The van der Waals surface area contributed by atoms with Crippen LogP contribution in [-0.2, 0) is 12.8 Å². The number of aromatic nitrogens is 2. The Morgan fingerprint density at radius 2 is 2.05 bits per heavy atom. The highest BCUT2D eigenvalue weighted by Gasteiger charge is 2.13. The van der Waals surface area contributed by atoms with Gasteiger partial charge in [0, 0.05) is 23.9 Å². The summed E-state index contributed by atoms with van der Waals surface area (Å²) < 4.78 is 0. The minimum Gasteiger partial charge on any atom is -0.291 e. The molecule has 2 N–H and O–H groups in total. The van der Waals surface area contributed by atoms with Crippen molar-refractivity contribution < 1.29 is 0 Å². The molecule has 1 aliphatic carbocycles. The minimum atomic E-state index is -0.172. The van der Waals surface area contributed by atoms with Crippen molar-refractivity contribution in [1.82, 2.24) is 9.97 Å². The lowest BCUT2D eigenvalue weighted by molar-refractivity contribution is 0.936. The fourth-order valence-electron chi connectivity index (χ4n) is 2.42. The van der Waals surface area contributed by atoms with E-state index in [0.717, 1.165) is 25.0 Å². The van der Waals surface area contributed by atoms with Crippen LogP contribution in [0.2, 0.25) is 0 Å². The van der Waals surface area contributed by atoms with Gasteiger partial charge in [0.25, 0.3) is 5.56 Å². The average molecular weight is 268 g/mol. The van der Waals surface area contributed by atoms with Gasteiger partial charge in [-0.3, -0.25) is 9.78 Å². The van der Waals surface area contributed by atoms with Crippen molar-refractivity contribution in [2.75, 3.05) is 5.43 Å². The van der Waals surface area contributed by atoms with Crippen LogP contribution in [0, 0.1) is 6.92 Å². The molecule has 5 nitrogen and oxygen atoms in total. The minimum absolute atomic E-state index is 0.172. The standard InChI is InChI=1S/C15H16N4O/c1-10-8-14(20)17-15(16-10)19-18-13-7-6-11-4-2-3-5-12(11)9-13/h2-5,8H,6-7,9H2,1H3,(H2,16,17,19,20). The molecule has 20 heavy (non-hydrogen) atoms. The van der Waals surface area contributed by atoms with Gasteiger partial charge >= 0.3 is 0 Å². The van der Waals surface area contributed by atoms with Crippen LogP contribution in [0.5, 0.6) is 0 Å². The first-order valence-electron chi connectivity index (χ1n) is 6.67. The molecule has 0 saturated heterocycles. The Morgan fingerprint density at radius 3 is 2.85 bits per heavy atom. The van der Waals surface area contributed by atoms with Crippen LogP contribution in [-0.4, -0.2) is 15.7 Å². The predicted molar refractivity (Wildman–Crippen MR) is 79.1 cm³/mol. The molecular weight excluding hydrogens is 252 g/mol. The summed E-state index contributed by atoms with van der Waals surface area (Å²) >= 11 is 0. The number of nitrogens with one attached hydrogen (secondary N) is 2. The molecule has 0 bridgehead atoms. The molecule has 0 saturated carbocycles. The number of aromatic amines is 1. The lowest BCUT2D eigenvalue weighted by atomic mass is 9.90. The first kappa shape index (κ1) is 12.6. The summed E-state index contributed by atoms with van der Waals surface area (Å²) in [5.74, 6) is 0.390. The number of hydrogen-bond acceptors (Lipinski definition) is 4. The number of H-pyrrole nitrogens is 1. The molecule has 1 heterocycles. The van der Waals surface area contributed by atoms with Crippen molar-refractivity contribution in [2.45, 2.75) is 26.2 Å². The van der Waals surface area contributed by atoms with E-state index in [0.29, 0.717) is 11.6 Å². The molecule has 1 aliphatic rings. The van der Waals surface area contributed by atoms with E-state index in [1.54, 1.807) is 6.92 Å². The fourth-order valence-corrected chi connectivity index (χ4v) is 2.42. The molecule has 3 rings (SSSR count). The van der Waals surface area contributed by atoms with Crippen LogP contribution in [0.4, 0.5) is 5.95 Å². The highest BCUT2D eigenvalue weighted by molar-refractivity contribution is 5.89. The van der Waals surface area contributed by atoms with Gasteiger partial charge in [-0.05, 0) is 30.9 Å². The summed E-state index contributed by atoms with van der Waals surface area (Å²) in [6.07, 6.45) is 2.79. The van der Waals surface area contributed by atoms with E-state index in [2.05, 4.69) is 44.8 Å². The monoisotopic (exact) mass is 268 g/mol. The summed E-state index contributed by atoms with van der Waals surface area (Å²) in [7, 11) is 0. The van der Waals surface area contributed by atoms with Crippen molar-refractivity contribution >= 4 is 11.7 Å². The van der Waals surface area contributed by atoms with Crippen LogP contribution >= 0.6 is 0 Å². The first-order chi connectivity index (χ1) is 9.70. The number of nitrogens with zero attached hydrogens (tertiary/aromatic N) is 2. The van der Waals surface area contributed by atoms with Crippen LogP contribution < -0.4 is 11.0 Å². The third kappa shape index (κ3) is 2.77. The van der Waals surface area contributed by atoms with Crippen molar-refractivity contribution in [3.05, 3.63) is 57.5 Å². The van der Waals surface area contributed by atoms with Crippen molar-refractivity contribution in [3.63, 3.8) is 0 Å². The van der Waals surface area contributed by atoms with Crippen LogP contribution in [0.1, 0.15) is 23.2 Å². The Balaban J connectivity index is 1.76. The molecular formula is C15H16N4O. The van der Waals surface area contributed by atoms with E-state index in [-0.39, 0.29) is 5.56 Å². The van der Waals surface area contributed by atoms with Crippen LogP contribution in [0.25, 0.3) is 0 Å². The maximum atomic E-state index is 11.3. The van der Waals surface area contributed by atoms with Crippen molar-refractivity contribution in [3.8, 4) is 0 Å². The van der Waals surface area contributed by atoms with E-state index >= 15 is 0 Å². The van der Waals surface area contributed by atoms with Gasteiger partial charge in [0.15, 0.2) is 0 Å².